The zero-order valence-corrected chi connectivity index (χ0v) is 11.7. The average Bonchev–Trinajstić information content (AvgIpc) is 2.30. The maximum absolute atomic E-state index is 13.3. The van der Waals surface area contributed by atoms with E-state index in [-0.39, 0.29) is 11.1 Å². The van der Waals surface area contributed by atoms with Gasteiger partial charge in [0.1, 0.15) is 5.82 Å². The van der Waals surface area contributed by atoms with Crippen LogP contribution in [0.5, 0.6) is 0 Å². The van der Waals surface area contributed by atoms with Crippen molar-refractivity contribution in [2.75, 3.05) is 11.1 Å². The maximum Gasteiger partial charge on any atom is 0.224 e. The Kier molecular flexibility index (Phi) is 3.68. The van der Waals surface area contributed by atoms with Crippen LogP contribution in [0.1, 0.15) is 5.56 Å². The van der Waals surface area contributed by atoms with E-state index in [9.17, 15) is 4.39 Å². The molecule has 1 aromatic carbocycles. The Hall–Kier alpha value is -1.40. The van der Waals surface area contributed by atoms with Crippen LogP contribution in [0.2, 0.25) is 5.28 Å². The van der Waals surface area contributed by atoms with Gasteiger partial charge in [0.05, 0.1) is 16.4 Å². The third kappa shape index (κ3) is 2.70. The Balaban J connectivity index is 2.40. The number of anilines is 3. The Morgan fingerprint density at radius 2 is 2.17 bits per heavy atom. The van der Waals surface area contributed by atoms with E-state index in [2.05, 4.69) is 31.2 Å². The third-order valence-electron chi connectivity index (χ3n) is 2.31. The standard InChI is InChI=1S/C11H9BrClFN4/c1-5-2-7(14)6(12)3-9(5)17-10-8(15)4-16-11(13)18-10/h2-4H,15H2,1H3,(H,16,17,18). The van der Waals surface area contributed by atoms with E-state index in [1.165, 1.54) is 12.3 Å². The second-order valence-corrected chi connectivity index (χ2v) is 4.84. The van der Waals surface area contributed by atoms with Gasteiger partial charge in [0.2, 0.25) is 5.28 Å². The number of nitrogen functional groups attached to an aromatic ring is 1. The Bertz CT molecular complexity index is 606. The van der Waals surface area contributed by atoms with Gasteiger partial charge in [-0.15, -0.1) is 0 Å². The number of rotatable bonds is 2. The lowest BCUT2D eigenvalue weighted by molar-refractivity contribution is 0.620. The van der Waals surface area contributed by atoms with Crippen LogP contribution in [0.3, 0.4) is 0 Å². The van der Waals surface area contributed by atoms with Crippen molar-refractivity contribution in [3.05, 3.63) is 39.5 Å². The molecule has 0 aliphatic carbocycles. The molecule has 0 saturated heterocycles. The lowest BCUT2D eigenvalue weighted by Gasteiger charge is -2.11. The van der Waals surface area contributed by atoms with Gasteiger partial charge in [-0.2, -0.15) is 4.98 Å². The van der Waals surface area contributed by atoms with Gasteiger partial charge in [-0.25, -0.2) is 9.37 Å². The minimum atomic E-state index is -0.327. The normalized spacial score (nSPS) is 10.4. The van der Waals surface area contributed by atoms with Gasteiger partial charge in [-0.3, -0.25) is 0 Å². The first-order valence-corrected chi connectivity index (χ1v) is 6.15. The van der Waals surface area contributed by atoms with Crippen molar-refractivity contribution in [2.45, 2.75) is 6.92 Å². The molecule has 0 spiro atoms. The molecule has 1 heterocycles. The monoisotopic (exact) mass is 330 g/mol. The highest BCUT2D eigenvalue weighted by molar-refractivity contribution is 9.10. The summed E-state index contributed by atoms with van der Waals surface area (Å²) in [7, 11) is 0. The molecule has 0 aliphatic rings. The molecule has 2 aromatic rings. The number of aryl methyl sites for hydroxylation is 1. The van der Waals surface area contributed by atoms with Crippen LogP contribution in [-0.4, -0.2) is 9.97 Å². The van der Waals surface area contributed by atoms with Gasteiger partial charge < -0.3 is 11.1 Å². The fraction of sp³-hybridized carbons (Fsp3) is 0.0909. The smallest absolute Gasteiger partial charge is 0.224 e. The largest absolute Gasteiger partial charge is 0.394 e. The highest BCUT2D eigenvalue weighted by Crippen LogP contribution is 2.28. The van der Waals surface area contributed by atoms with E-state index in [1.807, 2.05) is 0 Å². The van der Waals surface area contributed by atoms with Crippen molar-refractivity contribution in [2.24, 2.45) is 0 Å². The van der Waals surface area contributed by atoms with E-state index in [4.69, 9.17) is 17.3 Å². The van der Waals surface area contributed by atoms with Gasteiger partial charge >= 0.3 is 0 Å². The number of halogens is 3. The first kappa shape index (κ1) is 13.0. The molecule has 0 saturated carbocycles. The topological polar surface area (TPSA) is 63.8 Å². The zero-order valence-electron chi connectivity index (χ0n) is 9.34. The van der Waals surface area contributed by atoms with Crippen molar-refractivity contribution >= 4 is 44.7 Å². The van der Waals surface area contributed by atoms with Crippen LogP contribution in [0, 0.1) is 12.7 Å². The summed E-state index contributed by atoms with van der Waals surface area (Å²) in [5.74, 6) is 0.0587. The van der Waals surface area contributed by atoms with E-state index < -0.39 is 0 Å². The first-order chi connectivity index (χ1) is 8.47. The summed E-state index contributed by atoms with van der Waals surface area (Å²) in [6.45, 7) is 1.77. The molecule has 0 aliphatic heterocycles. The summed E-state index contributed by atoms with van der Waals surface area (Å²) < 4.78 is 13.7. The minimum absolute atomic E-state index is 0.0885. The van der Waals surface area contributed by atoms with Crippen molar-refractivity contribution in [3.63, 3.8) is 0 Å². The van der Waals surface area contributed by atoms with Crippen LogP contribution in [-0.2, 0) is 0 Å². The fourth-order valence-corrected chi connectivity index (χ4v) is 1.85. The van der Waals surface area contributed by atoms with Gasteiger partial charge in [0.25, 0.3) is 0 Å². The van der Waals surface area contributed by atoms with Crippen LogP contribution in [0.4, 0.5) is 21.6 Å². The summed E-state index contributed by atoms with van der Waals surface area (Å²) in [5.41, 5.74) is 7.50. The second-order valence-electron chi connectivity index (χ2n) is 3.65. The van der Waals surface area contributed by atoms with Gasteiger partial charge in [0.15, 0.2) is 5.82 Å². The third-order valence-corrected chi connectivity index (χ3v) is 3.10. The molecule has 2 rings (SSSR count). The number of hydrogen-bond donors (Lipinski definition) is 2. The molecular weight excluding hydrogens is 323 g/mol. The van der Waals surface area contributed by atoms with E-state index in [0.717, 1.165) is 5.56 Å². The van der Waals surface area contributed by atoms with Gasteiger partial charge in [-0.05, 0) is 52.2 Å². The molecule has 4 nitrogen and oxygen atoms in total. The lowest BCUT2D eigenvalue weighted by Crippen LogP contribution is -2.02. The Labute approximate surface area is 117 Å². The summed E-state index contributed by atoms with van der Waals surface area (Å²) in [6.07, 6.45) is 1.41. The number of nitrogens with one attached hydrogen (secondary N) is 1. The molecule has 1 aromatic heterocycles. The van der Waals surface area contributed by atoms with Crippen molar-refractivity contribution < 1.29 is 4.39 Å². The molecular formula is C11H9BrClFN4. The summed E-state index contributed by atoms with van der Waals surface area (Å²) >= 11 is 8.81. The van der Waals surface area contributed by atoms with Crippen molar-refractivity contribution in [1.82, 2.24) is 9.97 Å². The van der Waals surface area contributed by atoms with Crippen LogP contribution < -0.4 is 11.1 Å². The highest BCUT2D eigenvalue weighted by Gasteiger charge is 2.08. The number of nitrogens with two attached hydrogens (primary N) is 1. The molecule has 0 radical (unpaired) electrons. The number of hydrogen-bond acceptors (Lipinski definition) is 4. The lowest BCUT2D eigenvalue weighted by atomic mass is 10.2. The molecule has 0 fully saturated rings. The van der Waals surface area contributed by atoms with Gasteiger partial charge in [0, 0.05) is 5.69 Å². The SMILES string of the molecule is Cc1cc(F)c(Br)cc1Nc1nc(Cl)ncc1N. The molecule has 94 valence electrons. The number of benzene rings is 1. The van der Waals surface area contributed by atoms with Crippen LogP contribution in [0.25, 0.3) is 0 Å². The fourth-order valence-electron chi connectivity index (χ4n) is 1.38. The van der Waals surface area contributed by atoms with E-state index in [0.29, 0.717) is 21.7 Å². The van der Waals surface area contributed by atoms with Crippen LogP contribution >= 0.6 is 27.5 Å². The summed E-state index contributed by atoms with van der Waals surface area (Å²) in [5, 5.41) is 3.08. The molecule has 0 atom stereocenters. The summed E-state index contributed by atoms with van der Waals surface area (Å²) in [6, 6.07) is 3.02. The summed E-state index contributed by atoms with van der Waals surface area (Å²) in [4.78, 5) is 7.73. The van der Waals surface area contributed by atoms with Crippen molar-refractivity contribution in [3.8, 4) is 0 Å². The Morgan fingerprint density at radius 1 is 1.44 bits per heavy atom. The molecule has 0 amide bonds. The van der Waals surface area contributed by atoms with Crippen LogP contribution in [0.15, 0.2) is 22.8 Å². The predicted octanol–water partition coefficient (Wildman–Crippen LogP) is 3.67. The maximum atomic E-state index is 13.3. The quantitative estimate of drug-likeness (QED) is 0.824. The molecule has 3 N–H and O–H groups in total. The van der Waals surface area contributed by atoms with E-state index in [1.54, 1.807) is 13.0 Å². The minimum Gasteiger partial charge on any atom is -0.394 e. The molecule has 18 heavy (non-hydrogen) atoms. The first-order valence-electron chi connectivity index (χ1n) is 4.98. The van der Waals surface area contributed by atoms with E-state index >= 15 is 0 Å². The molecule has 0 unspecified atom stereocenters. The second kappa shape index (κ2) is 5.07. The van der Waals surface area contributed by atoms with Crippen molar-refractivity contribution in [1.29, 1.82) is 0 Å². The highest BCUT2D eigenvalue weighted by atomic mass is 79.9. The number of nitrogens with zero attached hydrogens (tertiary/aromatic N) is 2. The average molecular weight is 332 g/mol. The molecule has 7 heteroatoms. The van der Waals surface area contributed by atoms with Gasteiger partial charge in [-0.1, -0.05) is 0 Å². The molecule has 0 bridgehead atoms. The number of aromatic nitrogens is 2. The Morgan fingerprint density at radius 3 is 2.89 bits per heavy atom. The predicted molar refractivity (Wildman–Crippen MR) is 73.6 cm³/mol. The zero-order chi connectivity index (χ0) is 13.3.